The third-order valence-corrected chi connectivity index (χ3v) is 3.46. The molecule has 1 saturated carbocycles. The minimum absolute atomic E-state index is 0.0587. The van der Waals surface area contributed by atoms with Crippen LogP contribution in [0.1, 0.15) is 40.6 Å². The monoisotopic (exact) mass is 285 g/mol. The highest BCUT2D eigenvalue weighted by Crippen LogP contribution is 2.42. The van der Waals surface area contributed by atoms with E-state index in [0.29, 0.717) is 24.6 Å². The van der Waals surface area contributed by atoms with Crippen molar-refractivity contribution in [3.8, 4) is 0 Å². The number of carbonyl (C=O) groups is 1. The Morgan fingerprint density at radius 3 is 2.95 bits per heavy atom. The van der Waals surface area contributed by atoms with Gasteiger partial charge in [-0.25, -0.2) is 4.98 Å². The molecular weight excluding hydrogens is 266 g/mol. The number of nitrogens with one attached hydrogen (secondary N) is 2. The molecule has 0 saturated heterocycles. The van der Waals surface area contributed by atoms with Crippen molar-refractivity contribution in [2.24, 2.45) is 0 Å². The summed E-state index contributed by atoms with van der Waals surface area (Å²) >= 11 is 0. The van der Waals surface area contributed by atoms with Crippen LogP contribution < -0.4 is 10.6 Å². The normalized spacial score (nSPS) is 14.0. The summed E-state index contributed by atoms with van der Waals surface area (Å²) in [4.78, 5) is 16.4. The SMILES string of the molecule is Cc1cc(C(=O)NCCNc2ccccn2)c(C2CC2)o1. The molecule has 1 amide bonds. The molecule has 0 unspecified atom stereocenters. The predicted molar refractivity (Wildman–Crippen MR) is 80.5 cm³/mol. The Bertz CT molecular complexity index is 618. The van der Waals surface area contributed by atoms with Crippen molar-refractivity contribution in [3.63, 3.8) is 0 Å². The first-order valence-electron chi connectivity index (χ1n) is 7.27. The van der Waals surface area contributed by atoms with Crippen LogP contribution in [0.3, 0.4) is 0 Å². The zero-order valence-corrected chi connectivity index (χ0v) is 12.1. The molecule has 2 heterocycles. The lowest BCUT2D eigenvalue weighted by Crippen LogP contribution is -2.29. The molecule has 5 heteroatoms. The number of aromatic nitrogens is 1. The van der Waals surface area contributed by atoms with Gasteiger partial charge in [0.05, 0.1) is 5.56 Å². The van der Waals surface area contributed by atoms with Gasteiger partial charge in [-0.1, -0.05) is 6.07 Å². The van der Waals surface area contributed by atoms with E-state index >= 15 is 0 Å². The quantitative estimate of drug-likeness (QED) is 0.801. The third kappa shape index (κ3) is 3.42. The number of amides is 1. The maximum Gasteiger partial charge on any atom is 0.254 e. The van der Waals surface area contributed by atoms with Gasteiger partial charge in [0.2, 0.25) is 0 Å². The van der Waals surface area contributed by atoms with E-state index in [2.05, 4.69) is 15.6 Å². The van der Waals surface area contributed by atoms with Crippen LogP contribution >= 0.6 is 0 Å². The maximum absolute atomic E-state index is 12.2. The molecule has 2 aromatic rings. The Morgan fingerprint density at radius 2 is 2.24 bits per heavy atom. The van der Waals surface area contributed by atoms with Crippen LogP contribution in [-0.2, 0) is 0 Å². The predicted octanol–water partition coefficient (Wildman–Crippen LogP) is 2.70. The molecule has 1 fully saturated rings. The molecule has 2 aromatic heterocycles. The summed E-state index contributed by atoms with van der Waals surface area (Å²) in [5.74, 6) is 2.84. The largest absolute Gasteiger partial charge is 0.465 e. The summed E-state index contributed by atoms with van der Waals surface area (Å²) in [7, 11) is 0. The van der Waals surface area contributed by atoms with Gasteiger partial charge < -0.3 is 15.1 Å². The van der Waals surface area contributed by atoms with E-state index in [1.165, 1.54) is 0 Å². The summed E-state index contributed by atoms with van der Waals surface area (Å²) in [6.07, 6.45) is 3.97. The number of furan rings is 1. The fraction of sp³-hybridized carbons (Fsp3) is 0.375. The maximum atomic E-state index is 12.2. The molecule has 0 atom stereocenters. The van der Waals surface area contributed by atoms with Gasteiger partial charge in [-0.05, 0) is 38.0 Å². The number of nitrogens with zero attached hydrogens (tertiary/aromatic N) is 1. The van der Waals surface area contributed by atoms with Crippen LogP contribution in [0.15, 0.2) is 34.9 Å². The summed E-state index contributed by atoms with van der Waals surface area (Å²) in [6, 6.07) is 7.51. The lowest BCUT2D eigenvalue weighted by molar-refractivity contribution is 0.0953. The van der Waals surface area contributed by atoms with Gasteiger partial charge in [-0.15, -0.1) is 0 Å². The van der Waals surface area contributed by atoms with Crippen molar-refractivity contribution >= 4 is 11.7 Å². The first-order chi connectivity index (χ1) is 10.2. The van der Waals surface area contributed by atoms with Gasteiger partial charge in [-0.2, -0.15) is 0 Å². The minimum atomic E-state index is -0.0587. The number of rotatable bonds is 6. The second-order valence-electron chi connectivity index (χ2n) is 5.31. The standard InChI is InChI=1S/C16H19N3O2/c1-11-10-13(15(21-11)12-5-6-12)16(20)19-9-8-18-14-4-2-3-7-17-14/h2-4,7,10,12H,5-6,8-9H2,1H3,(H,17,18)(H,19,20). The molecule has 1 aliphatic carbocycles. The molecule has 21 heavy (non-hydrogen) atoms. The Labute approximate surface area is 123 Å². The zero-order chi connectivity index (χ0) is 14.7. The van der Waals surface area contributed by atoms with Gasteiger partial charge in [-0.3, -0.25) is 4.79 Å². The van der Waals surface area contributed by atoms with Crippen molar-refractivity contribution < 1.29 is 9.21 Å². The molecule has 5 nitrogen and oxygen atoms in total. The molecule has 110 valence electrons. The number of hydrogen-bond acceptors (Lipinski definition) is 4. The molecule has 0 spiro atoms. The second-order valence-corrected chi connectivity index (χ2v) is 5.31. The van der Waals surface area contributed by atoms with Crippen molar-refractivity contribution in [2.75, 3.05) is 18.4 Å². The molecular formula is C16H19N3O2. The van der Waals surface area contributed by atoms with Crippen LogP contribution in [0, 0.1) is 6.92 Å². The number of hydrogen-bond donors (Lipinski definition) is 2. The molecule has 1 aliphatic rings. The fourth-order valence-electron chi connectivity index (χ4n) is 2.29. The van der Waals surface area contributed by atoms with E-state index in [1.54, 1.807) is 6.20 Å². The van der Waals surface area contributed by atoms with Gasteiger partial charge in [0.25, 0.3) is 5.91 Å². The fourth-order valence-corrected chi connectivity index (χ4v) is 2.29. The average molecular weight is 285 g/mol. The molecule has 2 N–H and O–H groups in total. The van der Waals surface area contributed by atoms with E-state index in [-0.39, 0.29) is 5.91 Å². The van der Waals surface area contributed by atoms with Crippen molar-refractivity contribution in [3.05, 3.63) is 47.5 Å². The van der Waals surface area contributed by atoms with Crippen molar-refractivity contribution in [1.29, 1.82) is 0 Å². The van der Waals surface area contributed by atoms with Gasteiger partial charge in [0.1, 0.15) is 17.3 Å². The summed E-state index contributed by atoms with van der Waals surface area (Å²) < 4.78 is 5.65. The number of pyridine rings is 1. The first-order valence-corrected chi connectivity index (χ1v) is 7.27. The Hall–Kier alpha value is -2.30. The van der Waals surface area contributed by atoms with Crippen LogP contribution in [0.25, 0.3) is 0 Å². The Balaban J connectivity index is 1.50. The van der Waals surface area contributed by atoms with Gasteiger partial charge in [0.15, 0.2) is 0 Å². The summed E-state index contributed by atoms with van der Waals surface area (Å²) in [5, 5.41) is 6.07. The minimum Gasteiger partial charge on any atom is -0.465 e. The molecule has 3 rings (SSSR count). The Kier molecular flexibility index (Phi) is 3.90. The summed E-state index contributed by atoms with van der Waals surface area (Å²) in [6.45, 7) is 3.06. The highest BCUT2D eigenvalue weighted by Gasteiger charge is 2.31. The topological polar surface area (TPSA) is 67.2 Å². The van der Waals surface area contributed by atoms with Gasteiger partial charge >= 0.3 is 0 Å². The molecule has 0 aliphatic heterocycles. The van der Waals surface area contributed by atoms with Gasteiger partial charge in [0, 0.05) is 25.2 Å². The zero-order valence-electron chi connectivity index (χ0n) is 12.1. The first kappa shape index (κ1) is 13.7. The van der Waals surface area contributed by atoms with E-state index < -0.39 is 0 Å². The van der Waals surface area contributed by atoms with Crippen LogP contribution in [0.5, 0.6) is 0 Å². The van der Waals surface area contributed by atoms with Crippen LogP contribution in [-0.4, -0.2) is 24.0 Å². The van der Waals surface area contributed by atoms with E-state index in [1.807, 2.05) is 31.2 Å². The van der Waals surface area contributed by atoms with E-state index in [9.17, 15) is 4.79 Å². The molecule has 0 aromatic carbocycles. The van der Waals surface area contributed by atoms with Crippen LogP contribution in [0.4, 0.5) is 5.82 Å². The van der Waals surface area contributed by atoms with Crippen LogP contribution in [0.2, 0.25) is 0 Å². The van der Waals surface area contributed by atoms with Crippen molar-refractivity contribution in [1.82, 2.24) is 10.3 Å². The highest BCUT2D eigenvalue weighted by molar-refractivity contribution is 5.95. The average Bonchev–Trinajstić information content (AvgIpc) is 3.27. The number of aryl methyl sites for hydroxylation is 1. The third-order valence-electron chi connectivity index (χ3n) is 3.46. The second kappa shape index (κ2) is 5.99. The van der Waals surface area contributed by atoms with E-state index in [4.69, 9.17) is 4.42 Å². The Morgan fingerprint density at radius 1 is 1.38 bits per heavy atom. The summed E-state index contributed by atoms with van der Waals surface area (Å²) in [5.41, 5.74) is 0.688. The number of carbonyl (C=O) groups excluding carboxylic acids is 1. The molecule has 0 radical (unpaired) electrons. The smallest absolute Gasteiger partial charge is 0.254 e. The molecule has 0 bridgehead atoms. The van der Waals surface area contributed by atoms with E-state index in [0.717, 1.165) is 30.2 Å². The lowest BCUT2D eigenvalue weighted by Gasteiger charge is -2.07. The number of anilines is 1. The lowest BCUT2D eigenvalue weighted by atomic mass is 10.1. The van der Waals surface area contributed by atoms with Crippen molar-refractivity contribution in [2.45, 2.75) is 25.7 Å². The highest BCUT2D eigenvalue weighted by atomic mass is 16.3.